The van der Waals surface area contributed by atoms with Crippen molar-refractivity contribution in [2.24, 2.45) is 0 Å². The van der Waals surface area contributed by atoms with Crippen LogP contribution in [0.1, 0.15) is 63.8 Å². The molecule has 2 aromatic rings. The van der Waals surface area contributed by atoms with Crippen LogP contribution in [0.5, 0.6) is 5.75 Å². The highest BCUT2D eigenvalue weighted by Gasteiger charge is 2.26. The summed E-state index contributed by atoms with van der Waals surface area (Å²) in [6.45, 7) is 12.5. The van der Waals surface area contributed by atoms with Gasteiger partial charge in [0, 0.05) is 29.1 Å². The summed E-state index contributed by atoms with van der Waals surface area (Å²) in [6, 6.07) is 9.89. The van der Waals surface area contributed by atoms with Gasteiger partial charge < -0.3 is 5.11 Å². The fraction of sp³-hybridized carbons (Fsp3) is 0.364. The Hall–Kier alpha value is -2.60. The van der Waals surface area contributed by atoms with Gasteiger partial charge in [0.15, 0.2) is 0 Å². The molecule has 0 fully saturated rings. The third-order valence-corrected chi connectivity index (χ3v) is 4.15. The van der Waals surface area contributed by atoms with Crippen molar-refractivity contribution in [2.75, 3.05) is 0 Å². The number of pyridine rings is 1. The number of phenols is 1. The lowest BCUT2D eigenvalue weighted by Crippen LogP contribution is -2.17. The first-order valence-electron chi connectivity index (χ1n) is 8.44. The molecule has 0 saturated heterocycles. The lowest BCUT2D eigenvalue weighted by Gasteiger charge is -2.28. The summed E-state index contributed by atoms with van der Waals surface area (Å²) in [5.74, 6) is 0.344. The van der Waals surface area contributed by atoms with Crippen molar-refractivity contribution in [3.8, 4) is 11.8 Å². The fourth-order valence-electron chi connectivity index (χ4n) is 2.75. The fourth-order valence-corrected chi connectivity index (χ4v) is 2.75. The molecule has 1 aromatic carbocycles. The molecule has 0 saturated carbocycles. The third-order valence-electron chi connectivity index (χ3n) is 4.15. The highest BCUT2D eigenvalue weighted by Crippen LogP contribution is 2.40. The van der Waals surface area contributed by atoms with Gasteiger partial charge in [-0.2, -0.15) is 5.26 Å². The number of aromatic nitrogens is 1. The molecule has 130 valence electrons. The van der Waals surface area contributed by atoms with Crippen molar-refractivity contribution in [1.82, 2.24) is 4.98 Å². The van der Waals surface area contributed by atoms with Gasteiger partial charge in [0.2, 0.25) is 0 Å². The van der Waals surface area contributed by atoms with E-state index in [1.165, 1.54) is 0 Å². The Morgan fingerprint density at radius 2 is 1.64 bits per heavy atom. The van der Waals surface area contributed by atoms with Crippen LogP contribution in [0.3, 0.4) is 0 Å². The molecule has 0 amide bonds. The molecule has 0 aliphatic rings. The van der Waals surface area contributed by atoms with Crippen LogP contribution >= 0.6 is 0 Å². The van der Waals surface area contributed by atoms with Gasteiger partial charge in [-0.15, -0.1) is 0 Å². The molecule has 0 atom stereocenters. The largest absolute Gasteiger partial charge is 0.507 e. The Labute approximate surface area is 150 Å². The number of nitrogens with zero attached hydrogens (tertiary/aromatic N) is 2. The Balaban J connectivity index is 2.70. The maximum Gasteiger partial charge on any atom is 0.123 e. The predicted molar refractivity (Wildman–Crippen MR) is 103 cm³/mol. The van der Waals surface area contributed by atoms with Gasteiger partial charge in [-0.25, -0.2) is 0 Å². The van der Waals surface area contributed by atoms with Crippen LogP contribution in [0.15, 0.2) is 36.7 Å². The number of rotatable bonds is 2. The summed E-state index contributed by atoms with van der Waals surface area (Å²) >= 11 is 0. The molecule has 0 aliphatic heterocycles. The van der Waals surface area contributed by atoms with Crippen LogP contribution in [0.25, 0.3) is 11.6 Å². The summed E-state index contributed by atoms with van der Waals surface area (Å²) in [6.07, 6.45) is 5.24. The van der Waals surface area contributed by atoms with Gasteiger partial charge in [-0.3, -0.25) is 4.98 Å². The van der Waals surface area contributed by atoms with Crippen LogP contribution in [-0.2, 0) is 10.8 Å². The molecule has 0 bridgehead atoms. The predicted octanol–water partition coefficient (Wildman–Crippen LogP) is 5.45. The number of phenolic OH excluding ortho intramolecular Hbond substituents is 1. The number of benzene rings is 1. The third kappa shape index (κ3) is 4.28. The quantitative estimate of drug-likeness (QED) is 0.743. The summed E-state index contributed by atoms with van der Waals surface area (Å²) < 4.78 is 0. The first-order valence-corrected chi connectivity index (χ1v) is 8.44. The van der Waals surface area contributed by atoms with E-state index >= 15 is 0 Å². The molecular formula is C22H26N2O. The summed E-state index contributed by atoms with van der Waals surface area (Å²) in [7, 11) is 0. The molecular weight excluding hydrogens is 308 g/mol. The molecule has 2 rings (SSSR count). The molecule has 1 aromatic heterocycles. The first kappa shape index (κ1) is 18.7. The molecule has 3 nitrogen and oxygen atoms in total. The van der Waals surface area contributed by atoms with Crippen LogP contribution in [0.2, 0.25) is 0 Å². The molecule has 0 aliphatic carbocycles. The van der Waals surface area contributed by atoms with E-state index in [9.17, 15) is 10.4 Å². The summed E-state index contributed by atoms with van der Waals surface area (Å²) in [4.78, 5) is 4.09. The van der Waals surface area contributed by atoms with Gasteiger partial charge >= 0.3 is 0 Å². The average molecular weight is 334 g/mol. The van der Waals surface area contributed by atoms with Crippen LogP contribution < -0.4 is 0 Å². The maximum atomic E-state index is 10.8. The molecule has 25 heavy (non-hydrogen) atoms. The number of nitriles is 1. The van der Waals surface area contributed by atoms with E-state index in [0.29, 0.717) is 11.3 Å². The Morgan fingerprint density at radius 1 is 1.08 bits per heavy atom. The zero-order chi connectivity index (χ0) is 18.8. The number of aromatic hydroxyl groups is 1. The van der Waals surface area contributed by atoms with Crippen molar-refractivity contribution >= 4 is 11.6 Å². The van der Waals surface area contributed by atoms with Crippen molar-refractivity contribution in [1.29, 1.82) is 5.26 Å². The van der Waals surface area contributed by atoms with Crippen molar-refractivity contribution < 1.29 is 5.11 Å². The smallest absolute Gasteiger partial charge is 0.123 e. The number of hydrogen-bond donors (Lipinski definition) is 1. The zero-order valence-corrected chi connectivity index (χ0v) is 15.9. The van der Waals surface area contributed by atoms with Gasteiger partial charge in [-0.1, -0.05) is 47.6 Å². The SMILES string of the molecule is CC(C)(C)c1cc(/C=C(\C#N)c2cccnc2)cc(C(C)(C)C)c1O. The van der Waals surface area contributed by atoms with E-state index in [2.05, 4.69) is 52.6 Å². The molecule has 0 unspecified atom stereocenters. The molecule has 1 heterocycles. The lowest BCUT2D eigenvalue weighted by atomic mass is 9.78. The van der Waals surface area contributed by atoms with Crippen molar-refractivity contribution in [2.45, 2.75) is 52.4 Å². The Morgan fingerprint density at radius 3 is 2.04 bits per heavy atom. The second-order valence-electron chi connectivity index (χ2n) is 8.38. The maximum absolute atomic E-state index is 10.8. The minimum absolute atomic E-state index is 0.199. The second kappa shape index (κ2) is 6.72. The average Bonchev–Trinajstić information content (AvgIpc) is 2.52. The minimum Gasteiger partial charge on any atom is -0.507 e. The van der Waals surface area contributed by atoms with Gasteiger partial charge in [0.05, 0.1) is 11.6 Å². The van der Waals surface area contributed by atoms with Crippen LogP contribution in [0, 0.1) is 11.3 Å². The Bertz CT molecular complexity index is 794. The lowest BCUT2D eigenvalue weighted by molar-refractivity contribution is 0.423. The highest BCUT2D eigenvalue weighted by atomic mass is 16.3. The highest BCUT2D eigenvalue weighted by molar-refractivity contribution is 5.89. The van der Waals surface area contributed by atoms with E-state index in [4.69, 9.17) is 0 Å². The summed E-state index contributed by atoms with van der Waals surface area (Å²) in [5.41, 5.74) is 3.62. The summed E-state index contributed by atoms with van der Waals surface area (Å²) in [5, 5.41) is 20.4. The standard InChI is InChI=1S/C22H26N2O/c1-21(2,3)18-11-15(12-19(20(18)25)22(4,5)6)10-17(13-23)16-8-7-9-24-14-16/h7-12,14,25H,1-6H3/b17-10+. The molecule has 0 radical (unpaired) electrons. The first-order chi connectivity index (χ1) is 11.5. The van der Waals surface area contributed by atoms with E-state index in [1.807, 2.05) is 30.3 Å². The zero-order valence-electron chi connectivity index (χ0n) is 15.9. The molecule has 0 spiro atoms. The van der Waals surface area contributed by atoms with Crippen LogP contribution in [-0.4, -0.2) is 10.1 Å². The van der Waals surface area contributed by atoms with Crippen LogP contribution in [0.4, 0.5) is 0 Å². The van der Waals surface area contributed by atoms with E-state index in [-0.39, 0.29) is 10.8 Å². The van der Waals surface area contributed by atoms with E-state index in [1.54, 1.807) is 12.4 Å². The Kier molecular flexibility index (Phi) is 5.04. The molecule has 1 N–H and O–H groups in total. The normalized spacial score (nSPS) is 12.8. The monoisotopic (exact) mass is 334 g/mol. The topological polar surface area (TPSA) is 56.9 Å². The van der Waals surface area contributed by atoms with Crippen molar-refractivity contribution in [3.05, 3.63) is 58.9 Å². The number of allylic oxidation sites excluding steroid dienone is 1. The minimum atomic E-state index is -0.199. The molecule has 3 heteroatoms. The van der Waals surface area contributed by atoms with Gasteiger partial charge in [0.25, 0.3) is 0 Å². The second-order valence-corrected chi connectivity index (χ2v) is 8.38. The van der Waals surface area contributed by atoms with Gasteiger partial charge in [0.1, 0.15) is 5.75 Å². The van der Waals surface area contributed by atoms with Crippen molar-refractivity contribution in [3.63, 3.8) is 0 Å². The van der Waals surface area contributed by atoms with Gasteiger partial charge in [-0.05, 0) is 40.7 Å². The number of hydrogen-bond acceptors (Lipinski definition) is 3. The van der Waals surface area contributed by atoms with E-state index in [0.717, 1.165) is 22.3 Å². The van der Waals surface area contributed by atoms with E-state index < -0.39 is 0 Å².